The van der Waals surface area contributed by atoms with Gasteiger partial charge in [0.15, 0.2) is 5.69 Å². The third kappa shape index (κ3) is 4.51. The smallest absolute Gasteiger partial charge is 0.274 e. The van der Waals surface area contributed by atoms with Gasteiger partial charge in [-0.25, -0.2) is 4.98 Å². The van der Waals surface area contributed by atoms with E-state index in [1.807, 2.05) is 62.4 Å². The zero-order valence-corrected chi connectivity index (χ0v) is 20.9. The average Bonchev–Trinajstić information content (AvgIpc) is 3.60. The number of nitrogens with one attached hydrogen (secondary N) is 2. The van der Waals surface area contributed by atoms with Gasteiger partial charge in [0, 0.05) is 19.1 Å². The van der Waals surface area contributed by atoms with Crippen LogP contribution in [0, 0.1) is 13.8 Å². The summed E-state index contributed by atoms with van der Waals surface area (Å²) in [5.41, 5.74) is 3.52. The molecule has 0 bridgehead atoms. The summed E-state index contributed by atoms with van der Waals surface area (Å²) in [6.07, 6.45) is 3.18. The Bertz CT molecular complexity index is 1310. The lowest BCUT2D eigenvalue weighted by atomic mass is 9.93. The molecular formula is C28H31N5O3. The molecule has 186 valence electrons. The maximum Gasteiger partial charge on any atom is 0.274 e. The van der Waals surface area contributed by atoms with Crippen molar-refractivity contribution in [3.63, 3.8) is 0 Å². The first kappa shape index (κ1) is 23.8. The fourth-order valence-electron chi connectivity index (χ4n) is 4.77. The summed E-state index contributed by atoms with van der Waals surface area (Å²) in [4.78, 5) is 46.2. The van der Waals surface area contributed by atoms with Crippen molar-refractivity contribution < 1.29 is 14.4 Å². The van der Waals surface area contributed by atoms with Crippen molar-refractivity contribution in [1.82, 2.24) is 25.1 Å². The molecule has 2 aliphatic rings. The van der Waals surface area contributed by atoms with Crippen molar-refractivity contribution in [2.45, 2.75) is 64.8 Å². The normalized spacial score (nSPS) is 19.1. The number of amides is 3. The number of aryl methyl sites for hydroxylation is 2. The lowest BCUT2D eigenvalue weighted by molar-refractivity contribution is -0.133. The minimum Gasteiger partial charge on any atom is -0.350 e. The van der Waals surface area contributed by atoms with Gasteiger partial charge in [0.1, 0.15) is 11.2 Å². The summed E-state index contributed by atoms with van der Waals surface area (Å²) in [6.45, 7) is 6.78. The van der Waals surface area contributed by atoms with Gasteiger partial charge in [-0.15, -0.1) is 0 Å². The monoisotopic (exact) mass is 485 g/mol. The van der Waals surface area contributed by atoms with Gasteiger partial charge in [-0.2, -0.15) is 0 Å². The Balaban J connectivity index is 1.35. The highest BCUT2D eigenvalue weighted by atomic mass is 16.2. The third-order valence-electron chi connectivity index (χ3n) is 7.03. The van der Waals surface area contributed by atoms with Crippen molar-refractivity contribution in [3.8, 4) is 0 Å². The molecule has 0 unspecified atom stereocenters. The van der Waals surface area contributed by atoms with Crippen LogP contribution in [0.2, 0.25) is 0 Å². The maximum atomic E-state index is 13.7. The molecule has 1 saturated carbocycles. The van der Waals surface area contributed by atoms with E-state index < -0.39 is 11.4 Å². The molecule has 1 atom stereocenters. The Morgan fingerprint density at radius 2 is 1.50 bits per heavy atom. The summed E-state index contributed by atoms with van der Waals surface area (Å²) in [5, 5.41) is 5.89. The van der Waals surface area contributed by atoms with Gasteiger partial charge in [0.2, 0.25) is 5.91 Å². The van der Waals surface area contributed by atoms with Crippen LogP contribution in [-0.2, 0) is 24.4 Å². The first-order valence-corrected chi connectivity index (χ1v) is 12.3. The molecule has 1 aliphatic carbocycles. The lowest BCUT2D eigenvalue weighted by Gasteiger charge is -2.44. The molecule has 1 aromatic heterocycles. The fraction of sp³-hybridized carbons (Fsp3) is 0.357. The van der Waals surface area contributed by atoms with E-state index in [9.17, 15) is 14.4 Å². The number of carbonyl (C=O) groups is 3. The molecule has 5 rings (SSSR count). The number of aromatic nitrogens is 2. The van der Waals surface area contributed by atoms with Crippen LogP contribution in [-0.4, -0.2) is 43.8 Å². The predicted octanol–water partition coefficient (Wildman–Crippen LogP) is 3.12. The molecule has 1 aliphatic heterocycles. The van der Waals surface area contributed by atoms with E-state index >= 15 is 0 Å². The quantitative estimate of drug-likeness (QED) is 0.538. The topological polar surface area (TPSA) is 96.3 Å². The van der Waals surface area contributed by atoms with Crippen molar-refractivity contribution in [3.05, 3.63) is 88.5 Å². The van der Waals surface area contributed by atoms with Gasteiger partial charge in [0.25, 0.3) is 11.8 Å². The van der Waals surface area contributed by atoms with E-state index in [-0.39, 0.29) is 35.8 Å². The number of hydrogen-bond acceptors (Lipinski definition) is 4. The van der Waals surface area contributed by atoms with Gasteiger partial charge in [-0.1, -0.05) is 59.7 Å². The number of carbonyl (C=O) groups excluding carboxylic acids is 3. The van der Waals surface area contributed by atoms with Gasteiger partial charge in [0.05, 0.1) is 12.9 Å². The second-order valence-corrected chi connectivity index (χ2v) is 10.1. The van der Waals surface area contributed by atoms with E-state index in [1.165, 1.54) is 6.33 Å². The number of benzene rings is 2. The molecule has 0 saturated heterocycles. The van der Waals surface area contributed by atoms with E-state index in [1.54, 1.807) is 16.4 Å². The fourth-order valence-corrected chi connectivity index (χ4v) is 4.77. The average molecular weight is 486 g/mol. The van der Waals surface area contributed by atoms with Crippen LogP contribution in [0.1, 0.15) is 63.0 Å². The van der Waals surface area contributed by atoms with Gasteiger partial charge in [-0.3, -0.25) is 14.4 Å². The van der Waals surface area contributed by atoms with Gasteiger partial charge in [-0.05, 0) is 44.7 Å². The molecule has 3 aromatic rings. The zero-order chi connectivity index (χ0) is 25.4. The van der Waals surface area contributed by atoms with E-state index in [0.29, 0.717) is 13.1 Å². The molecule has 2 heterocycles. The summed E-state index contributed by atoms with van der Waals surface area (Å²) >= 11 is 0. The van der Waals surface area contributed by atoms with Crippen LogP contribution in [0.5, 0.6) is 0 Å². The zero-order valence-electron chi connectivity index (χ0n) is 20.9. The number of nitrogens with zero attached hydrogens (tertiary/aromatic N) is 3. The van der Waals surface area contributed by atoms with E-state index in [4.69, 9.17) is 0 Å². The standard InChI is InChI=1S/C28H31N5O3/c1-18-4-8-20(9-5-18)14-29-25(34)23-24-26(35)33(22-12-13-22)28(3,16-32(24)17-31-23)27(36)30-15-21-10-6-19(2)7-11-21/h4-11,17,22H,12-16H2,1-3H3,(H,29,34)(H,30,36)/t28-/m1/s1. The first-order chi connectivity index (χ1) is 17.3. The Morgan fingerprint density at radius 3 is 2.06 bits per heavy atom. The highest BCUT2D eigenvalue weighted by Crippen LogP contribution is 2.38. The molecule has 1 fully saturated rings. The Morgan fingerprint density at radius 1 is 0.944 bits per heavy atom. The Hall–Kier alpha value is -3.94. The van der Waals surface area contributed by atoms with E-state index in [2.05, 4.69) is 15.6 Å². The summed E-state index contributed by atoms with van der Waals surface area (Å²) in [7, 11) is 0. The second kappa shape index (κ2) is 9.26. The highest BCUT2D eigenvalue weighted by molar-refractivity contribution is 6.07. The Labute approximate surface area is 210 Å². The Kier molecular flexibility index (Phi) is 6.12. The molecule has 0 radical (unpaired) electrons. The van der Waals surface area contributed by atoms with Crippen LogP contribution in [0.25, 0.3) is 0 Å². The first-order valence-electron chi connectivity index (χ1n) is 12.3. The summed E-state index contributed by atoms with van der Waals surface area (Å²) in [5.74, 6) is -0.941. The number of hydrogen-bond donors (Lipinski definition) is 2. The van der Waals surface area contributed by atoms with Crippen LogP contribution in [0.4, 0.5) is 0 Å². The minimum absolute atomic E-state index is 0.0141. The predicted molar refractivity (Wildman–Crippen MR) is 135 cm³/mol. The molecule has 3 amide bonds. The number of imidazole rings is 1. The van der Waals surface area contributed by atoms with Crippen LogP contribution in [0.15, 0.2) is 54.9 Å². The van der Waals surface area contributed by atoms with Crippen molar-refractivity contribution in [2.75, 3.05) is 0 Å². The molecule has 2 N–H and O–H groups in total. The molecule has 8 heteroatoms. The SMILES string of the molecule is Cc1ccc(CNC(=O)c2ncn3c2C(=O)N(C2CC2)[C@@](C)(C(=O)NCc2ccc(C)cc2)C3)cc1. The van der Waals surface area contributed by atoms with Crippen LogP contribution >= 0.6 is 0 Å². The summed E-state index contributed by atoms with van der Waals surface area (Å²) < 4.78 is 1.65. The van der Waals surface area contributed by atoms with Crippen molar-refractivity contribution >= 4 is 17.7 Å². The maximum absolute atomic E-state index is 13.7. The molecule has 8 nitrogen and oxygen atoms in total. The minimum atomic E-state index is -1.08. The third-order valence-corrected chi connectivity index (χ3v) is 7.03. The van der Waals surface area contributed by atoms with Crippen LogP contribution in [0.3, 0.4) is 0 Å². The molecule has 2 aromatic carbocycles. The summed E-state index contributed by atoms with van der Waals surface area (Å²) in [6, 6.07) is 15.9. The second-order valence-electron chi connectivity index (χ2n) is 10.1. The lowest BCUT2D eigenvalue weighted by Crippen LogP contribution is -2.64. The number of fused-ring (bicyclic) bond motifs is 1. The number of rotatable bonds is 7. The van der Waals surface area contributed by atoms with Crippen molar-refractivity contribution in [2.24, 2.45) is 0 Å². The van der Waals surface area contributed by atoms with Crippen LogP contribution < -0.4 is 10.6 Å². The van der Waals surface area contributed by atoms with Crippen molar-refractivity contribution in [1.29, 1.82) is 0 Å². The molecule has 36 heavy (non-hydrogen) atoms. The highest BCUT2D eigenvalue weighted by Gasteiger charge is 2.53. The van der Waals surface area contributed by atoms with E-state index in [0.717, 1.165) is 35.1 Å². The van der Waals surface area contributed by atoms with Gasteiger partial charge >= 0.3 is 0 Å². The molecular weight excluding hydrogens is 454 g/mol. The van der Waals surface area contributed by atoms with Gasteiger partial charge < -0.3 is 20.1 Å². The largest absolute Gasteiger partial charge is 0.350 e. The molecule has 0 spiro atoms.